The van der Waals surface area contributed by atoms with Crippen LogP contribution in [0, 0.1) is 17.7 Å². The van der Waals surface area contributed by atoms with Crippen molar-refractivity contribution in [2.75, 3.05) is 18.0 Å². The number of halogens is 1. The summed E-state index contributed by atoms with van der Waals surface area (Å²) in [6, 6.07) is 16.3. The molecule has 1 saturated heterocycles. The van der Waals surface area contributed by atoms with Gasteiger partial charge in [0.2, 0.25) is 0 Å². The van der Waals surface area contributed by atoms with Crippen molar-refractivity contribution in [1.29, 1.82) is 0 Å². The number of aliphatic hydroxyl groups is 1. The summed E-state index contributed by atoms with van der Waals surface area (Å²) in [7, 11) is 0. The van der Waals surface area contributed by atoms with E-state index in [0.29, 0.717) is 19.3 Å². The molecule has 0 unspecified atom stereocenters. The molecule has 23 heavy (non-hydrogen) atoms. The number of hydrogen-bond donors (Lipinski definition) is 1. The molecule has 0 radical (unpaired) electrons. The minimum atomic E-state index is -0.724. The molecule has 1 N–H and O–H groups in total. The minimum absolute atomic E-state index is 0.224. The number of benzene rings is 2. The lowest BCUT2D eigenvalue weighted by Gasteiger charge is -2.38. The predicted octanol–water partition coefficient (Wildman–Crippen LogP) is 3.60. The van der Waals surface area contributed by atoms with Gasteiger partial charge in [-0.05, 0) is 49.2 Å². The van der Waals surface area contributed by atoms with Gasteiger partial charge < -0.3 is 10.0 Å². The van der Waals surface area contributed by atoms with E-state index in [2.05, 4.69) is 16.7 Å². The van der Waals surface area contributed by atoms with Gasteiger partial charge in [0, 0.05) is 30.8 Å². The third-order valence-corrected chi connectivity index (χ3v) is 4.31. The summed E-state index contributed by atoms with van der Waals surface area (Å²) >= 11 is 0. The smallest absolute Gasteiger partial charge is 0.123 e. The SMILES string of the molecule is OC1(CC#Cc2ccccc2)CCN(c2ccc(F)cc2)CC1. The first-order valence-electron chi connectivity index (χ1n) is 7.91. The quantitative estimate of drug-likeness (QED) is 0.857. The van der Waals surface area contributed by atoms with Gasteiger partial charge in [-0.3, -0.25) is 0 Å². The van der Waals surface area contributed by atoms with Crippen LogP contribution in [0.4, 0.5) is 10.1 Å². The molecular weight excluding hydrogens is 289 g/mol. The maximum Gasteiger partial charge on any atom is 0.123 e. The van der Waals surface area contributed by atoms with Crippen molar-refractivity contribution in [2.24, 2.45) is 0 Å². The molecule has 0 aromatic heterocycles. The summed E-state index contributed by atoms with van der Waals surface area (Å²) in [5.74, 6) is 5.98. The second-order valence-electron chi connectivity index (χ2n) is 6.03. The lowest BCUT2D eigenvalue weighted by Crippen LogP contribution is -2.44. The van der Waals surface area contributed by atoms with Crippen LogP contribution in [-0.4, -0.2) is 23.8 Å². The van der Waals surface area contributed by atoms with Crippen LogP contribution in [0.15, 0.2) is 54.6 Å². The van der Waals surface area contributed by atoms with Gasteiger partial charge in [-0.15, -0.1) is 0 Å². The fraction of sp³-hybridized carbons (Fsp3) is 0.300. The highest BCUT2D eigenvalue weighted by molar-refractivity contribution is 5.46. The highest BCUT2D eigenvalue weighted by Gasteiger charge is 2.31. The first-order chi connectivity index (χ1) is 11.1. The summed E-state index contributed by atoms with van der Waals surface area (Å²) in [6.45, 7) is 1.52. The van der Waals surface area contributed by atoms with E-state index in [0.717, 1.165) is 24.3 Å². The summed E-state index contributed by atoms with van der Waals surface area (Å²) in [5, 5.41) is 10.7. The van der Waals surface area contributed by atoms with E-state index in [4.69, 9.17) is 0 Å². The molecule has 1 heterocycles. The number of anilines is 1. The van der Waals surface area contributed by atoms with E-state index >= 15 is 0 Å². The Morgan fingerprint density at radius 2 is 1.65 bits per heavy atom. The lowest BCUT2D eigenvalue weighted by atomic mass is 9.88. The Kier molecular flexibility index (Phi) is 4.64. The summed E-state index contributed by atoms with van der Waals surface area (Å²) < 4.78 is 13.0. The Morgan fingerprint density at radius 3 is 2.30 bits per heavy atom. The molecule has 3 rings (SSSR count). The van der Waals surface area contributed by atoms with Gasteiger partial charge >= 0.3 is 0 Å². The summed E-state index contributed by atoms with van der Waals surface area (Å²) in [5.41, 5.74) is 1.25. The molecule has 2 aromatic carbocycles. The Labute approximate surface area is 136 Å². The van der Waals surface area contributed by atoms with Crippen LogP contribution in [-0.2, 0) is 0 Å². The molecule has 2 nitrogen and oxygen atoms in total. The molecule has 1 fully saturated rings. The molecule has 0 aliphatic carbocycles. The average Bonchev–Trinajstić information content (AvgIpc) is 2.57. The standard InChI is InChI=1S/C20H20FNO/c21-18-8-10-19(11-9-18)22-15-13-20(23,14-16-22)12-4-7-17-5-2-1-3-6-17/h1-3,5-6,8-11,23H,12-16H2. The second kappa shape index (κ2) is 6.85. The van der Waals surface area contributed by atoms with Crippen molar-refractivity contribution in [3.63, 3.8) is 0 Å². The predicted molar refractivity (Wildman–Crippen MR) is 90.7 cm³/mol. The van der Waals surface area contributed by atoms with E-state index in [-0.39, 0.29) is 5.82 Å². The Bertz CT molecular complexity index is 692. The zero-order valence-corrected chi connectivity index (χ0v) is 13.0. The summed E-state index contributed by atoms with van der Waals surface area (Å²) in [6.07, 6.45) is 1.83. The highest BCUT2D eigenvalue weighted by Crippen LogP contribution is 2.28. The van der Waals surface area contributed by atoms with Gasteiger partial charge in [0.15, 0.2) is 0 Å². The number of piperidine rings is 1. The number of rotatable bonds is 2. The molecule has 0 amide bonds. The zero-order valence-electron chi connectivity index (χ0n) is 13.0. The van der Waals surface area contributed by atoms with Crippen LogP contribution in [0.25, 0.3) is 0 Å². The molecule has 0 atom stereocenters. The van der Waals surface area contributed by atoms with Gasteiger partial charge in [-0.25, -0.2) is 4.39 Å². The third kappa shape index (κ3) is 4.12. The number of hydrogen-bond acceptors (Lipinski definition) is 2. The highest BCUT2D eigenvalue weighted by atomic mass is 19.1. The van der Waals surface area contributed by atoms with E-state index in [1.807, 2.05) is 30.3 Å². The molecule has 0 spiro atoms. The normalized spacial score (nSPS) is 16.5. The number of nitrogens with zero attached hydrogens (tertiary/aromatic N) is 1. The zero-order chi connectivity index (χ0) is 16.1. The third-order valence-electron chi connectivity index (χ3n) is 4.31. The maximum absolute atomic E-state index is 13.0. The van der Waals surface area contributed by atoms with Crippen LogP contribution in [0.1, 0.15) is 24.8 Å². The van der Waals surface area contributed by atoms with E-state index in [1.165, 1.54) is 12.1 Å². The van der Waals surface area contributed by atoms with Gasteiger partial charge in [0.1, 0.15) is 5.82 Å². The van der Waals surface area contributed by atoms with Crippen LogP contribution >= 0.6 is 0 Å². The lowest BCUT2D eigenvalue weighted by molar-refractivity contribution is 0.0211. The first-order valence-corrected chi connectivity index (χ1v) is 7.91. The van der Waals surface area contributed by atoms with Gasteiger partial charge in [-0.2, -0.15) is 0 Å². The monoisotopic (exact) mass is 309 g/mol. The van der Waals surface area contributed by atoms with Crippen molar-refractivity contribution < 1.29 is 9.50 Å². The van der Waals surface area contributed by atoms with Crippen molar-refractivity contribution in [3.8, 4) is 11.8 Å². The Balaban J connectivity index is 1.57. The van der Waals surface area contributed by atoms with Crippen molar-refractivity contribution in [1.82, 2.24) is 0 Å². The molecule has 0 saturated carbocycles. The molecule has 118 valence electrons. The first kappa shape index (κ1) is 15.6. The van der Waals surface area contributed by atoms with Crippen molar-refractivity contribution >= 4 is 5.69 Å². The van der Waals surface area contributed by atoms with Crippen LogP contribution in [0.2, 0.25) is 0 Å². The molecule has 1 aliphatic rings. The van der Waals surface area contributed by atoms with Gasteiger partial charge in [-0.1, -0.05) is 30.0 Å². The van der Waals surface area contributed by atoms with Crippen LogP contribution in [0.3, 0.4) is 0 Å². The average molecular weight is 309 g/mol. The summed E-state index contributed by atoms with van der Waals surface area (Å²) in [4.78, 5) is 2.18. The van der Waals surface area contributed by atoms with Crippen molar-refractivity contribution in [2.45, 2.75) is 24.9 Å². The van der Waals surface area contributed by atoms with Crippen LogP contribution in [0.5, 0.6) is 0 Å². The Morgan fingerprint density at radius 1 is 1.00 bits per heavy atom. The molecule has 1 aliphatic heterocycles. The van der Waals surface area contributed by atoms with E-state index < -0.39 is 5.60 Å². The second-order valence-corrected chi connectivity index (χ2v) is 6.03. The van der Waals surface area contributed by atoms with E-state index in [1.54, 1.807) is 12.1 Å². The van der Waals surface area contributed by atoms with Gasteiger partial charge in [0.25, 0.3) is 0 Å². The van der Waals surface area contributed by atoms with Crippen molar-refractivity contribution in [3.05, 3.63) is 66.0 Å². The Hall–Kier alpha value is -2.31. The molecule has 2 aromatic rings. The van der Waals surface area contributed by atoms with Crippen LogP contribution < -0.4 is 4.90 Å². The maximum atomic E-state index is 13.0. The fourth-order valence-corrected chi connectivity index (χ4v) is 2.84. The fourth-order valence-electron chi connectivity index (χ4n) is 2.84. The topological polar surface area (TPSA) is 23.5 Å². The molecular formula is C20H20FNO. The minimum Gasteiger partial charge on any atom is -0.389 e. The molecule has 3 heteroatoms. The van der Waals surface area contributed by atoms with Gasteiger partial charge in [0.05, 0.1) is 5.60 Å². The largest absolute Gasteiger partial charge is 0.389 e. The molecule has 0 bridgehead atoms. The van der Waals surface area contributed by atoms with E-state index in [9.17, 15) is 9.50 Å².